The van der Waals surface area contributed by atoms with Crippen LogP contribution in [0.5, 0.6) is 0 Å². The number of ether oxygens (including phenoxy) is 1. The van der Waals surface area contributed by atoms with Gasteiger partial charge in [-0.3, -0.25) is 0 Å². The summed E-state index contributed by atoms with van der Waals surface area (Å²) in [4.78, 5) is 2.16. The molecule has 0 aromatic rings. The maximum atomic E-state index is 5.07. The van der Waals surface area contributed by atoms with Crippen molar-refractivity contribution in [1.82, 2.24) is 4.90 Å². The van der Waals surface area contributed by atoms with Gasteiger partial charge in [-0.15, -0.1) is 0 Å². The first-order valence-electron chi connectivity index (χ1n) is 3.34. The van der Waals surface area contributed by atoms with Gasteiger partial charge >= 0.3 is 0 Å². The Kier molecular flexibility index (Phi) is 4.72. The van der Waals surface area contributed by atoms with Gasteiger partial charge in [-0.25, -0.2) is 0 Å². The third kappa shape index (κ3) is 5.80. The molecule has 0 aromatic carbocycles. The second kappa shape index (κ2) is 4.77. The van der Waals surface area contributed by atoms with Crippen molar-refractivity contribution in [1.29, 1.82) is 0 Å². The largest absolute Gasteiger partial charge is 0.382 e. The van der Waals surface area contributed by atoms with Crippen molar-refractivity contribution in [3.8, 4) is 0 Å². The molecule has 0 spiro atoms. The van der Waals surface area contributed by atoms with Gasteiger partial charge in [0.1, 0.15) is 0 Å². The molecule has 56 valence electrons. The van der Waals surface area contributed by atoms with E-state index in [2.05, 4.69) is 25.9 Å². The molecule has 9 heavy (non-hydrogen) atoms. The van der Waals surface area contributed by atoms with E-state index in [9.17, 15) is 0 Å². The van der Waals surface area contributed by atoms with E-state index < -0.39 is 0 Å². The van der Waals surface area contributed by atoms with E-state index in [-0.39, 0.29) is 0 Å². The monoisotopic (exact) mass is 131 g/mol. The summed E-state index contributed by atoms with van der Waals surface area (Å²) in [7, 11) is 5.89. The van der Waals surface area contributed by atoms with Gasteiger partial charge in [0, 0.05) is 7.11 Å². The average molecular weight is 131 g/mol. The van der Waals surface area contributed by atoms with Gasteiger partial charge in [0.05, 0.1) is 6.10 Å². The van der Waals surface area contributed by atoms with Gasteiger partial charge in [-0.05, 0) is 34.0 Å². The van der Waals surface area contributed by atoms with Crippen molar-refractivity contribution >= 4 is 0 Å². The molecule has 2 heteroatoms. The zero-order valence-electron chi connectivity index (χ0n) is 6.85. The lowest BCUT2D eigenvalue weighted by atomic mass is 10.3. The first-order chi connectivity index (χ1) is 4.16. The Labute approximate surface area is 57.8 Å². The van der Waals surface area contributed by atoms with Crippen LogP contribution in [0.1, 0.15) is 13.3 Å². The second-order valence-corrected chi connectivity index (χ2v) is 2.64. The molecule has 0 heterocycles. The lowest BCUT2D eigenvalue weighted by Crippen LogP contribution is -2.18. The number of hydrogen-bond donors (Lipinski definition) is 0. The molecule has 0 rings (SSSR count). The molecule has 0 aromatic heterocycles. The second-order valence-electron chi connectivity index (χ2n) is 2.64. The predicted molar refractivity (Wildman–Crippen MR) is 39.6 cm³/mol. The Morgan fingerprint density at radius 3 is 2.33 bits per heavy atom. The van der Waals surface area contributed by atoms with Crippen molar-refractivity contribution in [3.63, 3.8) is 0 Å². The molecule has 0 aliphatic heterocycles. The van der Waals surface area contributed by atoms with Crippen LogP contribution in [0, 0.1) is 0 Å². The van der Waals surface area contributed by atoms with Crippen LogP contribution < -0.4 is 0 Å². The minimum absolute atomic E-state index is 0.396. The standard InChI is InChI=1S/C7H17NO/c1-7(9-4)5-6-8(2)3/h7H,5-6H2,1-4H3/t7-/m0/s1. The topological polar surface area (TPSA) is 12.5 Å². The number of hydrogen-bond acceptors (Lipinski definition) is 2. The molecule has 0 radical (unpaired) electrons. The summed E-state index contributed by atoms with van der Waals surface area (Å²) < 4.78 is 5.07. The molecule has 0 saturated heterocycles. The van der Waals surface area contributed by atoms with E-state index in [1.54, 1.807) is 7.11 Å². The normalized spacial score (nSPS) is 14.3. The average Bonchev–Trinajstić information content (AvgIpc) is 1.83. The maximum Gasteiger partial charge on any atom is 0.0555 e. The summed E-state index contributed by atoms with van der Waals surface area (Å²) in [5, 5.41) is 0. The fourth-order valence-electron chi connectivity index (χ4n) is 0.558. The Morgan fingerprint density at radius 1 is 1.44 bits per heavy atom. The van der Waals surface area contributed by atoms with Gasteiger partial charge in [-0.1, -0.05) is 0 Å². The van der Waals surface area contributed by atoms with Gasteiger partial charge in [0.25, 0.3) is 0 Å². The van der Waals surface area contributed by atoms with E-state index in [4.69, 9.17) is 4.74 Å². The molecular formula is C7H17NO. The molecule has 2 nitrogen and oxygen atoms in total. The van der Waals surface area contributed by atoms with E-state index in [0.29, 0.717) is 6.10 Å². The van der Waals surface area contributed by atoms with Crippen LogP contribution in [0.3, 0.4) is 0 Å². The zero-order valence-corrected chi connectivity index (χ0v) is 6.85. The van der Waals surface area contributed by atoms with Gasteiger partial charge in [0.2, 0.25) is 0 Å². The first-order valence-corrected chi connectivity index (χ1v) is 3.34. The number of methoxy groups -OCH3 is 1. The highest BCUT2D eigenvalue weighted by molar-refractivity contribution is 4.51. The minimum Gasteiger partial charge on any atom is -0.382 e. The third-order valence-electron chi connectivity index (χ3n) is 1.39. The summed E-state index contributed by atoms with van der Waals surface area (Å²) in [5.41, 5.74) is 0. The number of rotatable bonds is 4. The van der Waals surface area contributed by atoms with E-state index >= 15 is 0 Å². The van der Waals surface area contributed by atoms with E-state index in [1.807, 2.05) is 0 Å². The zero-order chi connectivity index (χ0) is 7.28. The summed E-state index contributed by atoms with van der Waals surface area (Å²) in [5.74, 6) is 0. The first kappa shape index (κ1) is 8.92. The fourth-order valence-corrected chi connectivity index (χ4v) is 0.558. The molecule has 0 fully saturated rings. The third-order valence-corrected chi connectivity index (χ3v) is 1.39. The molecule has 0 aliphatic carbocycles. The molecule has 0 amide bonds. The maximum absolute atomic E-state index is 5.07. The Balaban J connectivity index is 3.06. The highest BCUT2D eigenvalue weighted by atomic mass is 16.5. The molecule has 0 aliphatic rings. The summed E-state index contributed by atoms with van der Waals surface area (Å²) >= 11 is 0. The molecule has 0 bridgehead atoms. The lowest BCUT2D eigenvalue weighted by Gasteiger charge is -2.12. The SMILES string of the molecule is CO[C@@H](C)CCN(C)C. The quantitative estimate of drug-likeness (QED) is 0.563. The highest BCUT2D eigenvalue weighted by Gasteiger charge is 1.98. The Morgan fingerprint density at radius 2 is 2.00 bits per heavy atom. The van der Waals surface area contributed by atoms with Crippen LogP contribution in [0.25, 0.3) is 0 Å². The van der Waals surface area contributed by atoms with E-state index in [0.717, 1.165) is 13.0 Å². The van der Waals surface area contributed by atoms with Crippen LogP contribution in [-0.4, -0.2) is 38.8 Å². The van der Waals surface area contributed by atoms with Crippen molar-refractivity contribution in [2.45, 2.75) is 19.4 Å². The van der Waals surface area contributed by atoms with Crippen molar-refractivity contribution in [2.24, 2.45) is 0 Å². The predicted octanol–water partition coefficient (Wildman–Crippen LogP) is 0.973. The number of nitrogens with zero attached hydrogens (tertiary/aromatic N) is 1. The Bertz CT molecular complexity index is 63.9. The smallest absolute Gasteiger partial charge is 0.0555 e. The van der Waals surface area contributed by atoms with Crippen LogP contribution in [-0.2, 0) is 4.74 Å². The van der Waals surface area contributed by atoms with Crippen LogP contribution >= 0.6 is 0 Å². The highest BCUT2D eigenvalue weighted by Crippen LogP contribution is 1.94. The van der Waals surface area contributed by atoms with Gasteiger partial charge in [0.15, 0.2) is 0 Å². The molecule has 1 atom stereocenters. The van der Waals surface area contributed by atoms with Crippen molar-refractivity contribution < 1.29 is 4.74 Å². The molecule has 0 N–H and O–H groups in total. The summed E-state index contributed by atoms with van der Waals surface area (Å²) in [6.45, 7) is 3.19. The van der Waals surface area contributed by atoms with Gasteiger partial charge in [-0.2, -0.15) is 0 Å². The van der Waals surface area contributed by atoms with Crippen molar-refractivity contribution in [3.05, 3.63) is 0 Å². The Hall–Kier alpha value is -0.0800. The van der Waals surface area contributed by atoms with Crippen LogP contribution in [0.2, 0.25) is 0 Å². The minimum atomic E-state index is 0.396. The van der Waals surface area contributed by atoms with Crippen molar-refractivity contribution in [2.75, 3.05) is 27.7 Å². The van der Waals surface area contributed by atoms with Crippen LogP contribution in [0.15, 0.2) is 0 Å². The van der Waals surface area contributed by atoms with Gasteiger partial charge < -0.3 is 9.64 Å². The lowest BCUT2D eigenvalue weighted by molar-refractivity contribution is 0.103. The summed E-state index contributed by atoms with van der Waals surface area (Å²) in [6.07, 6.45) is 1.51. The molecule has 0 saturated carbocycles. The summed E-state index contributed by atoms with van der Waals surface area (Å²) in [6, 6.07) is 0. The van der Waals surface area contributed by atoms with E-state index in [1.165, 1.54) is 0 Å². The molecular weight excluding hydrogens is 114 g/mol. The van der Waals surface area contributed by atoms with Crippen LogP contribution in [0.4, 0.5) is 0 Å². The fraction of sp³-hybridized carbons (Fsp3) is 1.00. The molecule has 0 unspecified atom stereocenters.